The van der Waals surface area contributed by atoms with E-state index in [4.69, 9.17) is 4.74 Å². The van der Waals surface area contributed by atoms with Crippen molar-refractivity contribution in [2.75, 3.05) is 23.7 Å². The fraction of sp³-hybridized carbons (Fsp3) is 0.435. The lowest BCUT2D eigenvalue weighted by atomic mass is 9.86. The number of anilines is 1. The molecule has 0 aliphatic carbocycles. The summed E-state index contributed by atoms with van der Waals surface area (Å²) in [5.74, 6) is -0.173. The van der Waals surface area contributed by atoms with Crippen LogP contribution in [0.15, 0.2) is 48.5 Å². The third kappa shape index (κ3) is 6.69. The van der Waals surface area contributed by atoms with Gasteiger partial charge in [-0.15, -0.1) is 0 Å². The molecular weight excluding hydrogens is 419 g/mol. The van der Waals surface area contributed by atoms with E-state index < -0.39 is 27.8 Å². The first-order valence-corrected chi connectivity index (χ1v) is 12.0. The molecule has 0 heterocycles. The standard InChI is InChI=1S/C23H31FN2O4S/c1-6-20(26(31(5,28)29)18-13-11-17(24)12-14-18)22(27)25-15-16-30-21-10-8-7-9-19(21)23(2,3)4/h7-14,20H,6,15-16H2,1-5H3,(H,25,27)/t20-/m0/s1. The highest BCUT2D eigenvalue weighted by Crippen LogP contribution is 2.30. The molecule has 2 rings (SSSR count). The van der Waals surface area contributed by atoms with Gasteiger partial charge in [0.15, 0.2) is 0 Å². The lowest BCUT2D eigenvalue weighted by Crippen LogP contribution is -2.50. The third-order valence-electron chi connectivity index (χ3n) is 4.76. The number of carbonyl (C=O) groups is 1. The van der Waals surface area contributed by atoms with Gasteiger partial charge in [0.05, 0.1) is 18.5 Å². The van der Waals surface area contributed by atoms with Gasteiger partial charge in [0, 0.05) is 0 Å². The Morgan fingerprint density at radius 3 is 2.29 bits per heavy atom. The number of para-hydroxylation sites is 1. The summed E-state index contributed by atoms with van der Waals surface area (Å²) < 4.78 is 45.0. The van der Waals surface area contributed by atoms with Crippen LogP contribution in [0, 0.1) is 5.82 Å². The van der Waals surface area contributed by atoms with Crippen LogP contribution in [0.2, 0.25) is 0 Å². The SMILES string of the molecule is CC[C@@H](C(=O)NCCOc1ccccc1C(C)(C)C)N(c1ccc(F)cc1)S(C)(=O)=O. The number of hydrogen-bond donors (Lipinski definition) is 1. The highest BCUT2D eigenvalue weighted by molar-refractivity contribution is 7.92. The van der Waals surface area contributed by atoms with E-state index >= 15 is 0 Å². The largest absolute Gasteiger partial charge is 0.491 e. The molecule has 8 heteroatoms. The summed E-state index contributed by atoms with van der Waals surface area (Å²) in [7, 11) is -3.76. The lowest BCUT2D eigenvalue weighted by molar-refractivity contribution is -0.122. The molecule has 0 aliphatic heterocycles. The molecule has 0 fully saturated rings. The van der Waals surface area contributed by atoms with E-state index in [-0.39, 0.29) is 30.7 Å². The summed E-state index contributed by atoms with van der Waals surface area (Å²) in [5.41, 5.74) is 1.21. The second kappa shape index (κ2) is 10.1. The van der Waals surface area contributed by atoms with Crippen molar-refractivity contribution in [3.05, 3.63) is 59.9 Å². The van der Waals surface area contributed by atoms with E-state index in [1.165, 1.54) is 24.3 Å². The molecule has 0 saturated carbocycles. The molecule has 0 spiro atoms. The van der Waals surface area contributed by atoms with Gasteiger partial charge in [-0.1, -0.05) is 45.9 Å². The second-order valence-electron chi connectivity index (χ2n) is 8.34. The van der Waals surface area contributed by atoms with E-state index in [0.717, 1.165) is 21.9 Å². The van der Waals surface area contributed by atoms with Crippen molar-refractivity contribution in [1.82, 2.24) is 5.32 Å². The van der Waals surface area contributed by atoms with Crippen LogP contribution in [0.1, 0.15) is 39.7 Å². The molecule has 1 amide bonds. The van der Waals surface area contributed by atoms with Gasteiger partial charge in [0.1, 0.15) is 24.2 Å². The predicted octanol–water partition coefficient (Wildman–Crippen LogP) is 3.86. The smallest absolute Gasteiger partial charge is 0.244 e. The average molecular weight is 451 g/mol. The van der Waals surface area contributed by atoms with Crippen molar-refractivity contribution in [2.45, 2.75) is 45.6 Å². The topological polar surface area (TPSA) is 75.7 Å². The van der Waals surface area contributed by atoms with Gasteiger partial charge >= 0.3 is 0 Å². The zero-order chi connectivity index (χ0) is 23.2. The lowest BCUT2D eigenvalue weighted by Gasteiger charge is -2.30. The summed E-state index contributed by atoms with van der Waals surface area (Å²) in [6, 6.07) is 11.8. The molecule has 1 atom stereocenters. The highest BCUT2D eigenvalue weighted by Gasteiger charge is 2.31. The first-order chi connectivity index (χ1) is 14.4. The molecule has 170 valence electrons. The van der Waals surface area contributed by atoms with Crippen molar-refractivity contribution in [2.24, 2.45) is 0 Å². The van der Waals surface area contributed by atoms with E-state index in [9.17, 15) is 17.6 Å². The molecule has 0 aliphatic rings. The zero-order valence-electron chi connectivity index (χ0n) is 18.7. The highest BCUT2D eigenvalue weighted by atomic mass is 32.2. The summed E-state index contributed by atoms with van der Waals surface area (Å²) in [6.45, 7) is 8.47. The molecule has 1 N–H and O–H groups in total. The maximum atomic E-state index is 13.3. The molecule has 0 saturated heterocycles. The number of benzene rings is 2. The van der Waals surface area contributed by atoms with Crippen molar-refractivity contribution < 1.29 is 22.3 Å². The van der Waals surface area contributed by atoms with Crippen LogP contribution in [-0.4, -0.2) is 39.8 Å². The van der Waals surface area contributed by atoms with Gasteiger partial charge in [-0.25, -0.2) is 12.8 Å². The third-order valence-corrected chi connectivity index (χ3v) is 5.94. The molecule has 6 nitrogen and oxygen atoms in total. The van der Waals surface area contributed by atoms with Gasteiger partial charge in [0.25, 0.3) is 0 Å². The Morgan fingerprint density at radius 1 is 1.13 bits per heavy atom. The minimum absolute atomic E-state index is 0.0850. The number of rotatable bonds is 9. The molecular formula is C23H31FN2O4S. The summed E-state index contributed by atoms with van der Waals surface area (Å²) in [4.78, 5) is 12.8. The molecule has 0 aromatic heterocycles. The van der Waals surface area contributed by atoms with Crippen LogP contribution in [0.4, 0.5) is 10.1 Å². The Kier molecular flexibility index (Phi) is 8.06. The number of carbonyl (C=O) groups excluding carboxylic acids is 1. The van der Waals surface area contributed by atoms with Crippen LogP contribution in [-0.2, 0) is 20.2 Å². The number of ether oxygens (including phenoxy) is 1. The Balaban J connectivity index is 2.07. The predicted molar refractivity (Wildman–Crippen MR) is 121 cm³/mol. The van der Waals surface area contributed by atoms with Crippen LogP contribution in [0.5, 0.6) is 5.75 Å². The maximum absolute atomic E-state index is 13.3. The van der Waals surface area contributed by atoms with Crippen LogP contribution in [0.3, 0.4) is 0 Å². The monoisotopic (exact) mass is 450 g/mol. The second-order valence-corrected chi connectivity index (χ2v) is 10.2. The van der Waals surface area contributed by atoms with Gasteiger partial charge in [-0.3, -0.25) is 9.10 Å². The summed E-state index contributed by atoms with van der Waals surface area (Å²) in [6.07, 6.45) is 1.28. The fourth-order valence-corrected chi connectivity index (χ4v) is 4.53. The van der Waals surface area contributed by atoms with Crippen molar-refractivity contribution in [3.63, 3.8) is 0 Å². The fourth-order valence-electron chi connectivity index (χ4n) is 3.31. The molecule has 2 aromatic carbocycles. The molecule has 2 aromatic rings. The first kappa shape index (κ1) is 24.7. The molecule has 0 bridgehead atoms. The summed E-state index contributed by atoms with van der Waals surface area (Å²) in [5, 5.41) is 2.75. The Morgan fingerprint density at radius 2 is 1.74 bits per heavy atom. The number of sulfonamides is 1. The van der Waals surface area contributed by atoms with Crippen molar-refractivity contribution >= 4 is 21.6 Å². The number of hydrogen-bond acceptors (Lipinski definition) is 4. The van der Waals surface area contributed by atoms with Crippen LogP contribution >= 0.6 is 0 Å². The summed E-state index contributed by atoms with van der Waals surface area (Å²) >= 11 is 0. The molecule has 0 unspecified atom stereocenters. The van der Waals surface area contributed by atoms with Gasteiger partial charge in [0.2, 0.25) is 15.9 Å². The van der Waals surface area contributed by atoms with E-state index in [0.29, 0.717) is 0 Å². The zero-order valence-corrected chi connectivity index (χ0v) is 19.5. The number of amides is 1. The maximum Gasteiger partial charge on any atom is 0.244 e. The van der Waals surface area contributed by atoms with Gasteiger partial charge in [-0.2, -0.15) is 0 Å². The normalized spacial score (nSPS) is 12.8. The van der Waals surface area contributed by atoms with Crippen LogP contribution in [0.25, 0.3) is 0 Å². The Bertz CT molecular complexity index is 985. The number of nitrogens with one attached hydrogen (secondary N) is 1. The Hall–Kier alpha value is -2.61. The molecule has 0 radical (unpaired) electrons. The average Bonchev–Trinajstić information content (AvgIpc) is 2.68. The Labute approximate surface area is 184 Å². The van der Waals surface area contributed by atoms with Gasteiger partial charge < -0.3 is 10.1 Å². The van der Waals surface area contributed by atoms with E-state index in [1.807, 2.05) is 24.3 Å². The van der Waals surface area contributed by atoms with E-state index in [2.05, 4.69) is 26.1 Å². The number of halogens is 1. The van der Waals surface area contributed by atoms with Crippen LogP contribution < -0.4 is 14.4 Å². The van der Waals surface area contributed by atoms with Crippen molar-refractivity contribution in [1.29, 1.82) is 0 Å². The first-order valence-electron chi connectivity index (χ1n) is 10.2. The quantitative estimate of drug-likeness (QED) is 0.589. The minimum Gasteiger partial charge on any atom is -0.491 e. The molecule has 31 heavy (non-hydrogen) atoms. The number of nitrogens with zero attached hydrogens (tertiary/aromatic N) is 1. The van der Waals surface area contributed by atoms with Gasteiger partial charge in [-0.05, 0) is 47.7 Å². The minimum atomic E-state index is -3.76. The van der Waals surface area contributed by atoms with Crippen molar-refractivity contribution in [3.8, 4) is 5.75 Å². The van der Waals surface area contributed by atoms with E-state index in [1.54, 1.807) is 6.92 Å².